The van der Waals surface area contributed by atoms with Gasteiger partial charge in [-0.25, -0.2) is 4.79 Å². The van der Waals surface area contributed by atoms with Crippen molar-refractivity contribution in [3.63, 3.8) is 0 Å². The summed E-state index contributed by atoms with van der Waals surface area (Å²) >= 11 is 0. The molecule has 4 nitrogen and oxygen atoms in total. The first-order valence-corrected chi connectivity index (χ1v) is 8.85. The van der Waals surface area contributed by atoms with Gasteiger partial charge in [-0.1, -0.05) is 43.7 Å². The zero-order chi connectivity index (χ0) is 18.3. The van der Waals surface area contributed by atoms with Crippen LogP contribution in [-0.4, -0.2) is 24.8 Å². The van der Waals surface area contributed by atoms with E-state index >= 15 is 0 Å². The number of amides is 1. The molecule has 2 atom stereocenters. The molecule has 0 radical (unpaired) electrons. The lowest BCUT2D eigenvalue weighted by Crippen LogP contribution is -2.40. The van der Waals surface area contributed by atoms with Gasteiger partial charge in [0, 0.05) is 19.1 Å². The van der Waals surface area contributed by atoms with E-state index < -0.39 is 5.60 Å². The molecule has 0 spiro atoms. The Labute approximate surface area is 147 Å². The number of benzene rings is 1. The first-order chi connectivity index (χ1) is 11.1. The predicted octanol–water partition coefficient (Wildman–Crippen LogP) is 4.44. The summed E-state index contributed by atoms with van der Waals surface area (Å²) in [4.78, 5) is 11.8. The Balaban J connectivity index is 2.48. The van der Waals surface area contributed by atoms with Gasteiger partial charge in [-0.15, -0.1) is 0 Å². The Kier molecular flexibility index (Phi) is 7.74. The number of hydrogen-bond donors (Lipinski definition) is 2. The minimum absolute atomic E-state index is 0.286. The van der Waals surface area contributed by atoms with Crippen molar-refractivity contribution in [1.29, 1.82) is 0 Å². The summed E-state index contributed by atoms with van der Waals surface area (Å²) < 4.78 is 5.30. The van der Waals surface area contributed by atoms with Crippen LogP contribution in [0.5, 0.6) is 0 Å². The molecule has 0 aliphatic carbocycles. The fourth-order valence-electron chi connectivity index (χ4n) is 2.37. The van der Waals surface area contributed by atoms with Gasteiger partial charge in [0.05, 0.1) is 0 Å². The summed E-state index contributed by atoms with van der Waals surface area (Å²) in [5, 5.41) is 6.47. The van der Waals surface area contributed by atoms with E-state index in [4.69, 9.17) is 4.74 Å². The fraction of sp³-hybridized carbons (Fsp3) is 0.650. The molecule has 2 N–H and O–H groups in total. The summed E-state index contributed by atoms with van der Waals surface area (Å²) in [6, 6.07) is 8.88. The monoisotopic (exact) mass is 334 g/mol. The normalized spacial score (nSPS) is 14.3. The van der Waals surface area contributed by atoms with Crippen molar-refractivity contribution >= 4 is 6.09 Å². The van der Waals surface area contributed by atoms with Crippen molar-refractivity contribution in [3.8, 4) is 0 Å². The van der Waals surface area contributed by atoms with Gasteiger partial charge in [-0.2, -0.15) is 0 Å². The summed E-state index contributed by atoms with van der Waals surface area (Å²) in [6.45, 7) is 15.7. The zero-order valence-electron chi connectivity index (χ0n) is 16.3. The summed E-state index contributed by atoms with van der Waals surface area (Å²) in [5.74, 6) is 0.822. The Bertz CT molecular complexity index is 503. The Morgan fingerprint density at radius 1 is 1.08 bits per heavy atom. The Morgan fingerprint density at radius 2 is 1.67 bits per heavy atom. The van der Waals surface area contributed by atoms with Crippen molar-refractivity contribution in [1.82, 2.24) is 10.6 Å². The van der Waals surface area contributed by atoms with Gasteiger partial charge in [0.15, 0.2) is 0 Å². The molecule has 0 heterocycles. The van der Waals surface area contributed by atoms with Gasteiger partial charge in [-0.3, -0.25) is 0 Å². The first-order valence-electron chi connectivity index (χ1n) is 8.85. The average Bonchev–Trinajstić information content (AvgIpc) is 2.45. The van der Waals surface area contributed by atoms with E-state index in [1.165, 1.54) is 11.1 Å². The van der Waals surface area contributed by atoms with Gasteiger partial charge in [0.25, 0.3) is 0 Å². The van der Waals surface area contributed by atoms with E-state index in [0.717, 1.165) is 6.54 Å². The van der Waals surface area contributed by atoms with Crippen LogP contribution in [0.1, 0.15) is 58.7 Å². The number of carbonyl (C=O) groups excluding carboxylic acids is 1. The molecular weight excluding hydrogens is 300 g/mol. The third-order valence-electron chi connectivity index (χ3n) is 4.11. The lowest BCUT2D eigenvalue weighted by Gasteiger charge is -2.25. The van der Waals surface area contributed by atoms with Crippen LogP contribution < -0.4 is 10.6 Å². The maximum atomic E-state index is 11.8. The fourth-order valence-corrected chi connectivity index (χ4v) is 2.37. The quantitative estimate of drug-likeness (QED) is 0.775. The lowest BCUT2D eigenvalue weighted by atomic mass is 9.95. The molecule has 0 aliphatic rings. The summed E-state index contributed by atoms with van der Waals surface area (Å²) in [5.41, 5.74) is 2.09. The molecule has 0 saturated heterocycles. The third kappa shape index (κ3) is 7.82. The molecule has 136 valence electrons. The van der Waals surface area contributed by atoms with Crippen LogP contribution >= 0.6 is 0 Å². The smallest absolute Gasteiger partial charge is 0.407 e. The maximum Gasteiger partial charge on any atom is 0.407 e. The van der Waals surface area contributed by atoms with Gasteiger partial charge < -0.3 is 15.4 Å². The molecule has 0 aromatic heterocycles. The highest BCUT2D eigenvalue weighted by molar-refractivity contribution is 5.67. The second kappa shape index (κ2) is 9.07. The molecule has 1 rings (SSSR count). The number of alkyl carbamates (subject to hydrolysis) is 1. The number of ether oxygens (including phenoxy) is 1. The molecule has 24 heavy (non-hydrogen) atoms. The van der Waals surface area contributed by atoms with Gasteiger partial charge in [0.2, 0.25) is 0 Å². The van der Waals surface area contributed by atoms with Crippen LogP contribution in [0.2, 0.25) is 0 Å². The second-order valence-corrected chi connectivity index (χ2v) is 7.93. The summed E-state index contributed by atoms with van der Waals surface area (Å²) in [7, 11) is 0. The number of aryl methyl sites for hydroxylation is 1. The third-order valence-corrected chi connectivity index (χ3v) is 4.11. The minimum atomic E-state index is -0.463. The Hall–Kier alpha value is -1.55. The molecular formula is C20H34N2O2. The average molecular weight is 335 g/mol. The van der Waals surface area contributed by atoms with E-state index in [-0.39, 0.29) is 12.1 Å². The largest absolute Gasteiger partial charge is 0.444 e. The van der Waals surface area contributed by atoms with Crippen molar-refractivity contribution in [2.45, 2.75) is 60.1 Å². The van der Waals surface area contributed by atoms with Crippen molar-refractivity contribution in [2.24, 2.45) is 11.8 Å². The molecule has 1 aromatic rings. The van der Waals surface area contributed by atoms with Crippen LogP contribution in [0.4, 0.5) is 4.79 Å². The molecule has 1 aromatic carbocycles. The van der Waals surface area contributed by atoms with Crippen molar-refractivity contribution < 1.29 is 9.53 Å². The molecule has 1 amide bonds. The number of rotatable bonds is 7. The van der Waals surface area contributed by atoms with Gasteiger partial charge >= 0.3 is 6.09 Å². The second-order valence-electron chi connectivity index (χ2n) is 7.93. The molecule has 0 saturated carbocycles. The lowest BCUT2D eigenvalue weighted by molar-refractivity contribution is 0.0514. The number of hydrogen-bond acceptors (Lipinski definition) is 3. The van der Waals surface area contributed by atoms with E-state index in [0.29, 0.717) is 18.4 Å². The highest BCUT2D eigenvalue weighted by Gasteiger charge is 2.19. The standard InChI is InChI=1S/C20H34N2O2/c1-14(2)18(13-22-19(23)24-20(5,6)7)12-21-16(4)17-10-8-15(3)9-11-17/h8-11,14,16,18,21H,12-13H2,1-7H3,(H,22,23)/t16-,18?/m0/s1. The molecule has 1 unspecified atom stereocenters. The number of nitrogens with one attached hydrogen (secondary N) is 2. The SMILES string of the molecule is Cc1ccc([C@H](C)NCC(CNC(=O)OC(C)(C)C)C(C)C)cc1. The topological polar surface area (TPSA) is 50.4 Å². The van der Waals surface area contributed by atoms with Crippen LogP contribution in [-0.2, 0) is 4.74 Å². The van der Waals surface area contributed by atoms with Crippen LogP contribution in [0.15, 0.2) is 24.3 Å². The van der Waals surface area contributed by atoms with E-state index in [1.54, 1.807) is 0 Å². The molecule has 4 heteroatoms. The van der Waals surface area contributed by atoms with Crippen molar-refractivity contribution in [3.05, 3.63) is 35.4 Å². The molecule has 0 bridgehead atoms. The van der Waals surface area contributed by atoms with E-state index in [1.807, 2.05) is 20.8 Å². The highest BCUT2D eigenvalue weighted by Crippen LogP contribution is 2.16. The predicted molar refractivity (Wildman–Crippen MR) is 100 cm³/mol. The molecule has 0 fully saturated rings. The first kappa shape index (κ1) is 20.5. The van der Waals surface area contributed by atoms with Gasteiger partial charge in [-0.05, 0) is 52.0 Å². The summed E-state index contributed by atoms with van der Waals surface area (Å²) in [6.07, 6.45) is -0.347. The maximum absolute atomic E-state index is 11.8. The van der Waals surface area contributed by atoms with Crippen LogP contribution in [0.25, 0.3) is 0 Å². The zero-order valence-corrected chi connectivity index (χ0v) is 16.3. The van der Waals surface area contributed by atoms with Crippen LogP contribution in [0, 0.1) is 18.8 Å². The number of carbonyl (C=O) groups is 1. The van der Waals surface area contributed by atoms with E-state index in [9.17, 15) is 4.79 Å². The molecule has 0 aliphatic heterocycles. The van der Waals surface area contributed by atoms with Crippen LogP contribution in [0.3, 0.4) is 0 Å². The van der Waals surface area contributed by atoms with E-state index in [2.05, 4.69) is 62.6 Å². The minimum Gasteiger partial charge on any atom is -0.444 e. The van der Waals surface area contributed by atoms with Crippen molar-refractivity contribution in [2.75, 3.05) is 13.1 Å². The Morgan fingerprint density at radius 3 is 2.17 bits per heavy atom. The van der Waals surface area contributed by atoms with Gasteiger partial charge in [0.1, 0.15) is 5.60 Å². The highest BCUT2D eigenvalue weighted by atomic mass is 16.6.